The largest absolute Gasteiger partial charge is 0.486 e. The third kappa shape index (κ3) is 4.72. The molecule has 3 rings (SSSR count). The first-order valence-corrected chi connectivity index (χ1v) is 9.24. The Morgan fingerprint density at radius 3 is 2.19 bits per heavy atom. The fourth-order valence-electron chi connectivity index (χ4n) is 2.79. The zero-order valence-electron chi connectivity index (χ0n) is 14.9. The lowest BCUT2D eigenvalue weighted by Crippen LogP contribution is -2.02. The first-order chi connectivity index (χ1) is 12.5. The molecule has 0 aliphatic heterocycles. The van der Waals surface area contributed by atoms with Crippen molar-refractivity contribution in [3.05, 3.63) is 93.0 Å². The van der Waals surface area contributed by atoms with Gasteiger partial charge in [0.25, 0.3) is 0 Å². The Bertz CT molecular complexity index is 871. The Morgan fingerprint density at radius 1 is 0.846 bits per heavy atom. The van der Waals surface area contributed by atoms with Crippen LogP contribution in [0, 0.1) is 13.8 Å². The molecule has 0 amide bonds. The quantitative estimate of drug-likeness (QED) is 0.503. The van der Waals surface area contributed by atoms with Crippen LogP contribution in [0.4, 0.5) is 5.69 Å². The second-order valence-corrected chi connectivity index (χ2v) is 7.15. The molecule has 3 aromatic carbocycles. The maximum Gasteiger partial charge on any atom is 0.156 e. The van der Waals surface area contributed by atoms with E-state index in [1.165, 1.54) is 11.1 Å². The third-order valence-electron chi connectivity index (χ3n) is 4.15. The van der Waals surface area contributed by atoms with Gasteiger partial charge in [-0.3, -0.25) is 0 Å². The van der Waals surface area contributed by atoms with Crippen molar-refractivity contribution in [1.82, 2.24) is 0 Å². The summed E-state index contributed by atoms with van der Waals surface area (Å²) in [4.78, 5) is 0. The van der Waals surface area contributed by atoms with E-state index in [4.69, 9.17) is 27.9 Å². The van der Waals surface area contributed by atoms with Crippen molar-refractivity contribution in [1.29, 1.82) is 0 Å². The van der Waals surface area contributed by atoms with Gasteiger partial charge < -0.3 is 10.1 Å². The molecule has 0 aromatic heterocycles. The van der Waals surface area contributed by atoms with E-state index in [2.05, 4.69) is 37.4 Å². The highest BCUT2D eigenvalue weighted by atomic mass is 35.5. The SMILES string of the molecule is Cc1ccc(NCc2cc(Cl)c(OCc3ccccc3)c(Cl)c2)c(C)c1. The summed E-state index contributed by atoms with van der Waals surface area (Å²) in [5.74, 6) is 0.521. The lowest BCUT2D eigenvalue weighted by Gasteiger charge is -2.14. The first kappa shape index (κ1) is 18.6. The highest BCUT2D eigenvalue weighted by molar-refractivity contribution is 6.37. The highest BCUT2D eigenvalue weighted by Gasteiger charge is 2.10. The van der Waals surface area contributed by atoms with Gasteiger partial charge in [-0.05, 0) is 48.7 Å². The van der Waals surface area contributed by atoms with Crippen LogP contribution < -0.4 is 10.1 Å². The summed E-state index contributed by atoms with van der Waals surface area (Å²) in [6, 6.07) is 20.1. The summed E-state index contributed by atoms with van der Waals surface area (Å²) in [5, 5.41) is 4.47. The molecule has 0 saturated carbocycles. The monoisotopic (exact) mass is 385 g/mol. The summed E-state index contributed by atoms with van der Waals surface area (Å²) < 4.78 is 5.82. The lowest BCUT2D eigenvalue weighted by molar-refractivity contribution is 0.306. The number of rotatable bonds is 6. The molecule has 0 atom stereocenters. The number of anilines is 1. The van der Waals surface area contributed by atoms with E-state index in [9.17, 15) is 0 Å². The van der Waals surface area contributed by atoms with Gasteiger partial charge in [0.05, 0.1) is 10.0 Å². The van der Waals surface area contributed by atoms with Crippen molar-refractivity contribution in [3.63, 3.8) is 0 Å². The van der Waals surface area contributed by atoms with Crippen molar-refractivity contribution in [2.45, 2.75) is 27.0 Å². The van der Waals surface area contributed by atoms with Crippen LogP contribution in [-0.4, -0.2) is 0 Å². The van der Waals surface area contributed by atoms with Crippen molar-refractivity contribution >= 4 is 28.9 Å². The van der Waals surface area contributed by atoms with E-state index < -0.39 is 0 Å². The Hall–Kier alpha value is -2.16. The van der Waals surface area contributed by atoms with E-state index in [0.717, 1.165) is 16.8 Å². The van der Waals surface area contributed by atoms with Gasteiger partial charge in [0.1, 0.15) is 6.61 Å². The maximum absolute atomic E-state index is 6.40. The molecule has 0 saturated heterocycles. The number of hydrogen-bond donors (Lipinski definition) is 1. The number of hydrogen-bond acceptors (Lipinski definition) is 2. The second-order valence-electron chi connectivity index (χ2n) is 6.33. The Kier molecular flexibility index (Phi) is 6.08. The molecule has 0 heterocycles. The van der Waals surface area contributed by atoms with E-state index >= 15 is 0 Å². The smallest absolute Gasteiger partial charge is 0.156 e. The molecular formula is C22H21Cl2NO. The van der Waals surface area contributed by atoms with Crippen LogP contribution in [-0.2, 0) is 13.2 Å². The molecule has 134 valence electrons. The number of aryl methyl sites for hydroxylation is 2. The first-order valence-electron chi connectivity index (χ1n) is 8.48. The standard InChI is InChI=1S/C22H21Cl2NO/c1-15-8-9-21(16(2)10-15)25-13-18-11-19(23)22(20(24)12-18)26-14-17-6-4-3-5-7-17/h3-12,25H,13-14H2,1-2H3. The summed E-state index contributed by atoms with van der Waals surface area (Å²) in [5.41, 5.74) is 5.64. The molecule has 0 unspecified atom stereocenters. The fraction of sp³-hybridized carbons (Fsp3) is 0.182. The molecule has 0 bridgehead atoms. The number of ether oxygens (including phenoxy) is 1. The van der Waals surface area contributed by atoms with Gasteiger partial charge in [-0.25, -0.2) is 0 Å². The molecular weight excluding hydrogens is 365 g/mol. The van der Waals surface area contributed by atoms with E-state index in [1.807, 2.05) is 42.5 Å². The third-order valence-corrected chi connectivity index (χ3v) is 4.71. The lowest BCUT2D eigenvalue weighted by atomic mass is 10.1. The predicted octanol–water partition coefficient (Wildman–Crippen LogP) is 6.80. The van der Waals surface area contributed by atoms with Crippen molar-refractivity contribution < 1.29 is 4.74 Å². The molecule has 0 radical (unpaired) electrons. The summed E-state index contributed by atoms with van der Waals surface area (Å²) >= 11 is 12.8. The zero-order chi connectivity index (χ0) is 18.5. The van der Waals surface area contributed by atoms with Gasteiger partial charge in [0.2, 0.25) is 0 Å². The van der Waals surface area contributed by atoms with Crippen LogP contribution in [0.2, 0.25) is 10.0 Å². The Balaban J connectivity index is 1.68. The van der Waals surface area contributed by atoms with Gasteiger partial charge in [0.15, 0.2) is 5.75 Å². The fourth-order valence-corrected chi connectivity index (χ4v) is 3.43. The maximum atomic E-state index is 6.40. The molecule has 4 heteroatoms. The Morgan fingerprint density at radius 2 is 1.54 bits per heavy atom. The average Bonchev–Trinajstić information content (AvgIpc) is 2.61. The molecule has 26 heavy (non-hydrogen) atoms. The van der Waals surface area contributed by atoms with Crippen molar-refractivity contribution in [2.24, 2.45) is 0 Å². The molecule has 3 aromatic rings. The summed E-state index contributed by atoms with van der Waals surface area (Å²) in [7, 11) is 0. The minimum Gasteiger partial charge on any atom is -0.486 e. The van der Waals surface area contributed by atoms with Crippen LogP contribution in [0.3, 0.4) is 0 Å². The van der Waals surface area contributed by atoms with Gasteiger partial charge in [-0.1, -0.05) is 71.2 Å². The van der Waals surface area contributed by atoms with Crippen LogP contribution in [0.25, 0.3) is 0 Å². The normalized spacial score (nSPS) is 10.6. The highest BCUT2D eigenvalue weighted by Crippen LogP contribution is 2.35. The minimum atomic E-state index is 0.431. The van der Waals surface area contributed by atoms with Crippen LogP contribution >= 0.6 is 23.2 Å². The second kappa shape index (κ2) is 8.48. The molecule has 0 fully saturated rings. The van der Waals surface area contributed by atoms with E-state index in [-0.39, 0.29) is 0 Å². The minimum absolute atomic E-state index is 0.431. The Labute approximate surface area is 164 Å². The van der Waals surface area contributed by atoms with Crippen molar-refractivity contribution in [2.75, 3.05) is 5.32 Å². The average molecular weight is 386 g/mol. The van der Waals surface area contributed by atoms with Crippen molar-refractivity contribution in [3.8, 4) is 5.75 Å². The van der Waals surface area contributed by atoms with E-state index in [0.29, 0.717) is 28.9 Å². The molecule has 0 aliphatic carbocycles. The zero-order valence-corrected chi connectivity index (χ0v) is 16.4. The molecule has 2 nitrogen and oxygen atoms in total. The number of nitrogens with one attached hydrogen (secondary N) is 1. The predicted molar refractivity (Wildman–Crippen MR) is 110 cm³/mol. The van der Waals surface area contributed by atoms with Gasteiger partial charge in [-0.2, -0.15) is 0 Å². The van der Waals surface area contributed by atoms with Gasteiger partial charge >= 0.3 is 0 Å². The topological polar surface area (TPSA) is 21.3 Å². The van der Waals surface area contributed by atoms with E-state index in [1.54, 1.807) is 0 Å². The summed E-state index contributed by atoms with van der Waals surface area (Å²) in [6.07, 6.45) is 0. The number of benzene rings is 3. The molecule has 0 spiro atoms. The van der Waals surface area contributed by atoms with Crippen LogP contribution in [0.1, 0.15) is 22.3 Å². The van der Waals surface area contributed by atoms with Crippen LogP contribution in [0.5, 0.6) is 5.75 Å². The molecule has 1 N–H and O–H groups in total. The number of halogens is 2. The van der Waals surface area contributed by atoms with Gasteiger partial charge in [-0.15, -0.1) is 0 Å². The molecule has 0 aliphatic rings. The summed E-state index contributed by atoms with van der Waals surface area (Å²) in [6.45, 7) is 5.25. The van der Waals surface area contributed by atoms with Crippen LogP contribution in [0.15, 0.2) is 60.7 Å². The van der Waals surface area contributed by atoms with Gasteiger partial charge in [0, 0.05) is 12.2 Å².